The Hall–Kier alpha value is -3.90. The topological polar surface area (TPSA) is 0 Å². The minimum Gasteiger partial charge on any atom is -0.103 e. The van der Waals surface area contributed by atoms with Crippen molar-refractivity contribution in [3.05, 3.63) is 144 Å². The van der Waals surface area contributed by atoms with Gasteiger partial charge >= 0.3 is 0 Å². The molecule has 0 heterocycles. The van der Waals surface area contributed by atoms with E-state index in [1.807, 2.05) is 12.2 Å². The van der Waals surface area contributed by atoms with E-state index in [0.717, 1.165) is 12.8 Å². The summed E-state index contributed by atoms with van der Waals surface area (Å²) in [5.74, 6) is 0. The van der Waals surface area contributed by atoms with Crippen LogP contribution in [-0.2, 0) is 12.8 Å². The first-order valence-corrected chi connectivity index (χ1v) is 12.7. The minimum absolute atomic E-state index is 0.892. The molecule has 0 fully saturated rings. The smallest absolute Gasteiger partial charge is 0.00878 e. The molecule has 0 amide bonds. The Kier molecular flexibility index (Phi) is 7.86. The lowest BCUT2D eigenvalue weighted by Crippen LogP contribution is -1.91. The van der Waals surface area contributed by atoms with Crippen LogP contribution in [0.15, 0.2) is 110 Å². The van der Waals surface area contributed by atoms with Gasteiger partial charge in [0.15, 0.2) is 0 Å². The van der Waals surface area contributed by atoms with Gasteiger partial charge in [-0.1, -0.05) is 114 Å². The summed E-state index contributed by atoms with van der Waals surface area (Å²) < 4.78 is 0. The third-order valence-electron chi connectivity index (χ3n) is 6.87. The van der Waals surface area contributed by atoms with Gasteiger partial charge in [0.2, 0.25) is 0 Å². The first-order chi connectivity index (χ1) is 17.4. The fourth-order valence-corrected chi connectivity index (χ4v) is 4.92. The molecule has 0 aliphatic heterocycles. The second kappa shape index (κ2) is 11.2. The molecule has 5 aromatic carbocycles. The summed E-state index contributed by atoms with van der Waals surface area (Å²) in [6.45, 7) is 16.3. The fourth-order valence-electron chi connectivity index (χ4n) is 4.92. The zero-order valence-electron chi connectivity index (χ0n) is 22.1. The highest BCUT2D eigenvalue weighted by Gasteiger charge is 2.09. The van der Waals surface area contributed by atoms with Crippen molar-refractivity contribution >= 4 is 21.5 Å². The van der Waals surface area contributed by atoms with Crippen LogP contribution < -0.4 is 0 Å². The van der Waals surface area contributed by atoms with Crippen molar-refractivity contribution in [3.8, 4) is 11.1 Å². The van der Waals surface area contributed by atoms with Crippen LogP contribution in [0.3, 0.4) is 0 Å². The van der Waals surface area contributed by atoms with Crippen LogP contribution in [-0.4, -0.2) is 0 Å². The van der Waals surface area contributed by atoms with Gasteiger partial charge < -0.3 is 0 Å². The molecule has 0 unspecified atom stereocenters. The van der Waals surface area contributed by atoms with Gasteiger partial charge in [0.05, 0.1) is 0 Å². The second-order valence-electron chi connectivity index (χ2n) is 9.75. The highest BCUT2D eigenvalue weighted by Crippen LogP contribution is 2.32. The van der Waals surface area contributed by atoms with E-state index in [1.165, 1.54) is 66.1 Å². The molecule has 0 heteroatoms. The van der Waals surface area contributed by atoms with Crippen molar-refractivity contribution in [2.75, 3.05) is 0 Å². The van der Waals surface area contributed by atoms with E-state index in [4.69, 9.17) is 0 Å². The number of hydrogen-bond donors (Lipinski definition) is 0. The molecule has 0 aliphatic rings. The summed E-state index contributed by atoms with van der Waals surface area (Å²) in [4.78, 5) is 0. The van der Waals surface area contributed by atoms with Gasteiger partial charge in [0.25, 0.3) is 0 Å². The van der Waals surface area contributed by atoms with Crippen molar-refractivity contribution in [2.24, 2.45) is 0 Å². The van der Waals surface area contributed by atoms with Crippen molar-refractivity contribution in [1.29, 1.82) is 0 Å². The van der Waals surface area contributed by atoms with Gasteiger partial charge in [0.1, 0.15) is 0 Å². The van der Waals surface area contributed by atoms with E-state index >= 15 is 0 Å². The van der Waals surface area contributed by atoms with Crippen LogP contribution in [0.25, 0.3) is 32.7 Å². The summed E-state index contributed by atoms with van der Waals surface area (Å²) in [5.41, 5.74) is 10.6. The van der Waals surface area contributed by atoms with E-state index in [9.17, 15) is 0 Å². The molecule has 0 aliphatic carbocycles. The van der Waals surface area contributed by atoms with Crippen LogP contribution in [0, 0.1) is 27.7 Å². The molecule has 180 valence electrons. The maximum atomic E-state index is 3.93. The maximum absolute atomic E-state index is 3.93. The number of rotatable bonds is 5. The summed E-state index contributed by atoms with van der Waals surface area (Å²) in [5, 5.41) is 5.33. The zero-order chi connectivity index (χ0) is 25.7. The highest BCUT2D eigenvalue weighted by molar-refractivity contribution is 5.92. The summed E-state index contributed by atoms with van der Waals surface area (Å²) in [6.07, 6.45) is 5.81. The molecule has 5 aromatic rings. The summed E-state index contributed by atoms with van der Waals surface area (Å²) in [6, 6.07) is 30.9. The molecule has 0 saturated heterocycles. The molecule has 36 heavy (non-hydrogen) atoms. The molecule has 0 saturated carbocycles. The van der Waals surface area contributed by atoms with Crippen molar-refractivity contribution < 1.29 is 0 Å². The van der Waals surface area contributed by atoms with Crippen LogP contribution in [0.1, 0.15) is 33.4 Å². The SMILES string of the molecule is C=CCc1c(-c2ccc(C)cc2)ccc2cc(C)ccc12.C=CCc1c(C)ccc2cc(C)ccc12. The Labute approximate surface area is 216 Å². The van der Waals surface area contributed by atoms with Gasteiger partial charge in [-0.2, -0.15) is 0 Å². The van der Waals surface area contributed by atoms with Crippen LogP contribution >= 0.6 is 0 Å². The Bertz CT molecular complexity index is 1530. The van der Waals surface area contributed by atoms with E-state index in [2.05, 4.69) is 126 Å². The molecular weight excluding hydrogens is 432 g/mol. The van der Waals surface area contributed by atoms with Crippen LogP contribution in [0.4, 0.5) is 0 Å². The van der Waals surface area contributed by atoms with Crippen molar-refractivity contribution in [1.82, 2.24) is 0 Å². The predicted molar refractivity (Wildman–Crippen MR) is 160 cm³/mol. The minimum atomic E-state index is 0.892. The molecule has 0 nitrogen and oxygen atoms in total. The molecule has 0 spiro atoms. The number of hydrogen-bond acceptors (Lipinski definition) is 0. The Morgan fingerprint density at radius 2 is 1.03 bits per heavy atom. The largest absolute Gasteiger partial charge is 0.103 e. The van der Waals surface area contributed by atoms with Crippen molar-refractivity contribution in [3.63, 3.8) is 0 Å². The molecule has 0 N–H and O–H groups in total. The average molecular weight is 469 g/mol. The Morgan fingerprint density at radius 1 is 0.528 bits per heavy atom. The number of aryl methyl sites for hydroxylation is 4. The van der Waals surface area contributed by atoms with Gasteiger partial charge in [-0.05, 0) is 89.9 Å². The Balaban J connectivity index is 0.000000179. The number of fused-ring (bicyclic) bond motifs is 2. The monoisotopic (exact) mass is 468 g/mol. The summed E-state index contributed by atoms with van der Waals surface area (Å²) >= 11 is 0. The van der Waals surface area contributed by atoms with E-state index in [0.29, 0.717) is 0 Å². The van der Waals surface area contributed by atoms with E-state index in [-0.39, 0.29) is 0 Å². The van der Waals surface area contributed by atoms with E-state index < -0.39 is 0 Å². The predicted octanol–water partition coefficient (Wildman–Crippen LogP) is 10.0. The van der Waals surface area contributed by atoms with Gasteiger partial charge in [-0.3, -0.25) is 0 Å². The van der Waals surface area contributed by atoms with Crippen LogP contribution in [0.5, 0.6) is 0 Å². The number of benzene rings is 5. The zero-order valence-corrected chi connectivity index (χ0v) is 22.1. The second-order valence-corrected chi connectivity index (χ2v) is 9.75. The van der Waals surface area contributed by atoms with Gasteiger partial charge in [0, 0.05) is 0 Å². The van der Waals surface area contributed by atoms with Crippen molar-refractivity contribution in [2.45, 2.75) is 40.5 Å². The quantitative estimate of drug-likeness (QED) is 0.225. The van der Waals surface area contributed by atoms with Gasteiger partial charge in [-0.25, -0.2) is 0 Å². The first-order valence-electron chi connectivity index (χ1n) is 12.7. The van der Waals surface area contributed by atoms with Gasteiger partial charge in [-0.15, -0.1) is 13.2 Å². The normalized spacial score (nSPS) is 10.7. The maximum Gasteiger partial charge on any atom is -0.00878 e. The highest BCUT2D eigenvalue weighted by atomic mass is 14.1. The lowest BCUT2D eigenvalue weighted by atomic mass is 9.91. The lowest BCUT2D eigenvalue weighted by molar-refractivity contribution is 1.25. The third kappa shape index (κ3) is 5.50. The van der Waals surface area contributed by atoms with Crippen LogP contribution in [0.2, 0.25) is 0 Å². The fraction of sp³-hybridized carbons (Fsp3) is 0.167. The standard InChI is InChI=1S/C21H20.C15H16/c1-4-5-21-19(17-9-6-15(2)7-10-17)13-11-18-14-16(3)8-12-20(18)21;1-4-5-14-12(3)7-8-13-10-11(2)6-9-15(13)14/h4,6-14H,1,5H2,2-3H3;4,6-10H,1,5H2,2-3H3. The molecule has 0 aromatic heterocycles. The first kappa shape index (κ1) is 25.2. The third-order valence-corrected chi connectivity index (χ3v) is 6.87. The molecule has 0 radical (unpaired) electrons. The molecular formula is C36H36. The molecule has 5 rings (SSSR count). The lowest BCUT2D eigenvalue weighted by Gasteiger charge is -2.13. The Morgan fingerprint density at radius 3 is 1.61 bits per heavy atom. The number of allylic oxidation sites excluding steroid dienone is 2. The molecule has 0 atom stereocenters. The average Bonchev–Trinajstić information content (AvgIpc) is 2.87. The molecule has 0 bridgehead atoms. The summed E-state index contributed by atoms with van der Waals surface area (Å²) in [7, 11) is 0. The van der Waals surface area contributed by atoms with E-state index in [1.54, 1.807) is 0 Å².